The van der Waals surface area contributed by atoms with E-state index in [9.17, 15) is 13.2 Å². The third kappa shape index (κ3) is 4.88. The van der Waals surface area contributed by atoms with Gasteiger partial charge in [-0.2, -0.15) is 0 Å². The van der Waals surface area contributed by atoms with Gasteiger partial charge in [-0.25, -0.2) is 8.42 Å². The van der Waals surface area contributed by atoms with E-state index >= 15 is 0 Å². The number of methoxy groups -OCH3 is 1. The highest BCUT2D eigenvalue weighted by molar-refractivity contribution is 7.92. The molecule has 31 heavy (non-hydrogen) atoms. The number of rotatable bonds is 7. The van der Waals surface area contributed by atoms with Crippen LogP contribution in [0.2, 0.25) is 0 Å². The molecule has 0 heterocycles. The molecule has 0 bridgehead atoms. The number of benzene rings is 3. The van der Waals surface area contributed by atoms with E-state index in [1.165, 1.54) is 11.4 Å². The van der Waals surface area contributed by atoms with E-state index in [-0.39, 0.29) is 10.8 Å². The number of ether oxygens (including phenoxy) is 1. The van der Waals surface area contributed by atoms with Crippen molar-refractivity contribution in [3.05, 3.63) is 89.5 Å². The van der Waals surface area contributed by atoms with Crippen LogP contribution in [0.4, 0.5) is 5.69 Å². The first kappa shape index (κ1) is 22.4. The minimum atomic E-state index is -3.68. The van der Waals surface area contributed by atoms with Crippen LogP contribution in [0.25, 0.3) is 0 Å². The molecule has 0 saturated heterocycles. The lowest BCUT2D eigenvalue weighted by Gasteiger charge is -2.23. The summed E-state index contributed by atoms with van der Waals surface area (Å²) in [7, 11) is 1.18. The smallest absolute Gasteiger partial charge is 0.264 e. The average Bonchev–Trinajstić information content (AvgIpc) is 2.79. The molecule has 0 aromatic heterocycles. The fourth-order valence-electron chi connectivity index (χ4n) is 3.32. The highest BCUT2D eigenvalue weighted by Gasteiger charge is 2.23. The first-order chi connectivity index (χ1) is 14.7. The molecule has 0 aliphatic heterocycles. The van der Waals surface area contributed by atoms with Crippen LogP contribution in [0.5, 0.6) is 5.75 Å². The number of hydrogen-bond donors (Lipinski definition) is 0. The predicted molar refractivity (Wildman–Crippen MR) is 122 cm³/mol. The van der Waals surface area contributed by atoms with E-state index in [0.29, 0.717) is 23.4 Å². The largest absolute Gasteiger partial charge is 0.497 e. The zero-order valence-electron chi connectivity index (χ0n) is 18.1. The lowest BCUT2D eigenvalue weighted by atomic mass is 10.1. The van der Waals surface area contributed by atoms with Crippen LogP contribution in [0, 0.1) is 6.92 Å². The zero-order valence-corrected chi connectivity index (χ0v) is 18.9. The van der Waals surface area contributed by atoms with Gasteiger partial charge >= 0.3 is 0 Å². The standard InChI is InChI=1S/C24H26N2O4S/c1-18-16-20(24(27)25(2)17-19-10-13-21(30-4)14-11-19)12-15-23(18)26(3)31(28,29)22-8-6-5-7-9-22/h5-16H,17H2,1-4H3. The van der Waals surface area contributed by atoms with Crippen molar-refractivity contribution in [1.29, 1.82) is 0 Å². The first-order valence-electron chi connectivity index (χ1n) is 9.77. The van der Waals surface area contributed by atoms with Gasteiger partial charge in [-0.3, -0.25) is 9.10 Å². The Morgan fingerprint density at radius 2 is 1.58 bits per heavy atom. The summed E-state index contributed by atoms with van der Waals surface area (Å²) in [6.07, 6.45) is 0. The summed E-state index contributed by atoms with van der Waals surface area (Å²) in [4.78, 5) is 14.7. The maximum atomic E-state index is 12.9. The van der Waals surface area contributed by atoms with Crippen molar-refractivity contribution in [3.63, 3.8) is 0 Å². The van der Waals surface area contributed by atoms with E-state index in [2.05, 4.69) is 0 Å². The Balaban J connectivity index is 1.78. The second-order valence-corrected chi connectivity index (χ2v) is 9.27. The molecule has 0 saturated carbocycles. The molecular weight excluding hydrogens is 412 g/mol. The summed E-state index contributed by atoms with van der Waals surface area (Å²) >= 11 is 0. The molecular formula is C24H26N2O4S. The Hall–Kier alpha value is -3.32. The number of amides is 1. The van der Waals surface area contributed by atoms with Gasteiger partial charge in [0.1, 0.15) is 5.75 Å². The first-order valence-corrected chi connectivity index (χ1v) is 11.2. The normalized spacial score (nSPS) is 11.1. The van der Waals surface area contributed by atoms with Crippen LogP contribution in [-0.2, 0) is 16.6 Å². The van der Waals surface area contributed by atoms with Crippen molar-refractivity contribution in [1.82, 2.24) is 4.90 Å². The fraction of sp³-hybridized carbons (Fsp3) is 0.208. The van der Waals surface area contributed by atoms with E-state index in [4.69, 9.17) is 4.74 Å². The van der Waals surface area contributed by atoms with Crippen molar-refractivity contribution in [2.24, 2.45) is 0 Å². The number of carbonyl (C=O) groups excluding carboxylic acids is 1. The number of nitrogens with zero attached hydrogens (tertiary/aromatic N) is 2. The topological polar surface area (TPSA) is 66.9 Å². The molecule has 0 spiro atoms. The van der Waals surface area contributed by atoms with Crippen LogP contribution in [0.3, 0.4) is 0 Å². The highest BCUT2D eigenvalue weighted by Crippen LogP contribution is 2.26. The van der Waals surface area contributed by atoms with Gasteiger partial charge in [-0.1, -0.05) is 30.3 Å². The average molecular weight is 439 g/mol. The van der Waals surface area contributed by atoms with Crippen molar-refractivity contribution in [2.75, 3.05) is 25.5 Å². The van der Waals surface area contributed by atoms with Crippen molar-refractivity contribution in [2.45, 2.75) is 18.4 Å². The third-order valence-corrected chi connectivity index (χ3v) is 6.90. The van der Waals surface area contributed by atoms with Gasteiger partial charge in [0, 0.05) is 26.2 Å². The minimum absolute atomic E-state index is 0.140. The SMILES string of the molecule is COc1ccc(CN(C)C(=O)c2ccc(N(C)S(=O)(=O)c3ccccc3)c(C)c2)cc1. The van der Waals surface area contributed by atoms with Crippen LogP contribution in [0.15, 0.2) is 77.7 Å². The maximum absolute atomic E-state index is 12.9. The monoisotopic (exact) mass is 438 g/mol. The Morgan fingerprint density at radius 3 is 2.16 bits per heavy atom. The Labute approximate surface area is 183 Å². The lowest BCUT2D eigenvalue weighted by molar-refractivity contribution is 0.0785. The van der Waals surface area contributed by atoms with E-state index < -0.39 is 10.0 Å². The molecule has 0 atom stereocenters. The molecule has 0 aliphatic carbocycles. The van der Waals surface area contributed by atoms with E-state index in [0.717, 1.165) is 11.3 Å². The Morgan fingerprint density at radius 1 is 0.935 bits per heavy atom. The van der Waals surface area contributed by atoms with Gasteiger partial charge in [0.25, 0.3) is 15.9 Å². The number of aryl methyl sites for hydroxylation is 1. The number of sulfonamides is 1. The quantitative estimate of drug-likeness (QED) is 0.557. The third-order valence-electron chi connectivity index (χ3n) is 5.11. The summed E-state index contributed by atoms with van der Waals surface area (Å²) < 4.78 is 32.2. The number of hydrogen-bond acceptors (Lipinski definition) is 4. The molecule has 0 aliphatic rings. The molecule has 0 unspecified atom stereocenters. The van der Waals surface area contributed by atoms with Gasteiger partial charge < -0.3 is 9.64 Å². The van der Waals surface area contributed by atoms with Crippen molar-refractivity contribution in [3.8, 4) is 5.75 Å². The van der Waals surface area contributed by atoms with Crippen LogP contribution < -0.4 is 9.04 Å². The van der Waals surface area contributed by atoms with Gasteiger partial charge in [0.2, 0.25) is 0 Å². The molecule has 7 heteroatoms. The van der Waals surface area contributed by atoms with Gasteiger partial charge in [-0.15, -0.1) is 0 Å². The second-order valence-electron chi connectivity index (χ2n) is 7.30. The summed E-state index contributed by atoms with van der Waals surface area (Å²) in [5, 5.41) is 0. The molecule has 3 aromatic carbocycles. The second kappa shape index (κ2) is 9.22. The van der Waals surface area contributed by atoms with Crippen LogP contribution >= 0.6 is 0 Å². The Kier molecular flexibility index (Phi) is 6.65. The molecule has 1 amide bonds. The molecule has 6 nitrogen and oxygen atoms in total. The Bertz CT molecular complexity index is 1160. The maximum Gasteiger partial charge on any atom is 0.264 e. The predicted octanol–water partition coefficient (Wildman–Crippen LogP) is 4.10. The lowest BCUT2D eigenvalue weighted by Crippen LogP contribution is -2.28. The van der Waals surface area contributed by atoms with Crippen molar-refractivity contribution >= 4 is 21.6 Å². The summed E-state index contributed by atoms with van der Waals surface area (Å²) in [6.45, 7) is 2.25. The van der Waals surface area contributed by atoms with Gasteiger partial charge in [0.15, 0.2) is 0 Å². The number of anilines is 1. The summed E-state index contributed by atoms with van der Waals surface area (Å²) in [6, 6.07) is 20.9. The van der Waals surface area contributed by atoms with E-state index in [1.54, 1.807) is 74.5 Å². The van der Waals surface area contributed by atoms with Gasteiger partial charge in [0.05, 0.1) is 17.7 Å². The zero-order chi connectivity index (χ0) is 22.6. The fourth-order valence-corrected chi connectivity index (χ4v) is 4.60. The molecule has 0 N–H and O–H groups in total. The van der Waals surface area contributed by atoms with E-state index in [1.807, 2.05) is 24.3 Å². The van der Waals surface area contributed by atoms with Gasteiger partial charge in [-0.05, 0) is 60.5 Å². The minimum Gasteiger partial charge on any atom is -0.497 e. The van der Waals surface area contributed by atoms with Crippen LogP contribution in [0.1, 0.15) is 21.5 Å². The van der Waals surface area contributed by atoms with Crippen LogP contribution in [-0.4, -0.2) is 40.4 Å². The molecule has 0 fully saturated rings. The van der Waals surface area contributed by atoms with Crippen molar-refractivity contribution < 1.29 is 17.9 Å². The highest BCUT2D eigenvalue weighted by atomic mass is 32.2. The summed E-state index contributed by atoms with van der Waals surface area (Å²) in [5.41, 5.74) is 2.71. The molecule has 0 radical (unpaired) electrons. The number of carbonyl (C=O) groups is 1. The molecule has 3 rings (SSSR count). The summed E-state index contributed by atoms with van der Waals surface area (Å²) in [5.74, 6) is 0.623. The molecule has 162 valence electrons. The molecule has 3 aromatic rings.